The maximum atomic E-state index is 13.1. The van der Waals surface area contributed by atoms with Crippen molar-refractivity contribution in [2.45, 2.75) is 6.54 Å². The van der Waals surface area contributed by atoms with Crippen LogP contribution in [-0.4, -0.2) is 27.3 Å². The lowest BCUT2D eigenvalue weighted by atomic mass is 10.2. The molecule has 4 rings (SSSR count). The summed E-state index contributed by atoms with van der Waals surface area (Å²) in [6.45, 7) is 0.125. The van der Waals surface area contributed by atoms with Gasteiger partial charge in [-0.15, -0.1) is 5.10 Å². The van der Waals surface area contributed by atoms with E-state index in [1.165, 1.54) is 18.4 Å². The molecule has 0 bridgehead atoms. The van der Waals surface area contributed by atoms with E-state index in [1.54, 1.807) is 36.4 Å². The molecule has 146 valence electrons. The number of halogens is 1. The highest BCUT2D eigenvalue weighted by Gasteiger charge is 2.19. The molecule has 0 aliphatic carbocycles. The molecule has 2 aromatic carbocycles. The third-order valence-electron chi connectivity index (χ3n) is 4.05. The molecule has 29 heavy (non-hydrogen) atoms. The maximum Gasteiger partial charge on any atom is 0.287 e. The average Bonchev–Trinajstić information content (AvgIpc) is 3.42. The Kier molecular flexibility index (Phi) is 5.33. The van der Waals surface area contributed by atoms with E-state index in [0.717, 1.165) is 10.2 Å². The fourth-order valence-corrected chi connectivity index (χ4v) is 2.62. The van der Waals surface area contributed by atoms with Crippen molar-refractivity contribution in [2.75, 3.05) is 11.9 Å². The number of nitrogens with one attached hydrogen (secondary N) is 1. The predicted molar refractivity (Wildman–Crippen MR) is 104 cm³/mol. The SMILES string of the molecule is O=C(COc1ccccc1)n1nc(-c2ccco2)nc1NCc1ccc(F)cc1. The van der Waals surface area contributed by atoms with Crippen LogP contribution in [0, 0.1) is 5.82 Å². The van der Waals surface area contributed by atoms with Crippen LogP contribution >= 0.6 is 0 Å². The van der Waals surface area contributed by atoms with Crippen molar-refractivity contribution in [3.63, 3.8) is 0 Å². The highest BCUT2D eigenvalue weighted by molar-refractivity contribution is 5.82. The van der Waals surface area contributed by atoms with Crippen molar-refractivity contribution in [1.29, 1.82) is 0 Å². The van der Waals surface area contributed by atoms with Crippen LogP contribution in [0.4, 0.5) is 10.3 Å². The number of benzene rings is 2. The van der Waals surface area contributed by atoms with Crippen molar-refractivity contribution in [2.24, 2.45) is 0 Å². The standard InChI is InChI=1S/C21H17FN4O3/c22-16-10-8-15(9-11-16)13-23-21-24-20(18-7-4-12-28-18)25-26(21)19(27)14-29-17-5-2-1-3-6-17/h1-12H,13-14H2,(H,23,24,25). The molecule has 0 unspecified atom stereocenters. The molecule has 1 N–H and O–H groups in total. The number of nitrogens with zero attached hydrogens (tertiary/aromatic N) is 3. The first-order chi connectivity index (χ1) is 14.2. The Morgan fingerprint density at radius 1 is 1.07 bits per heavy atom. The van der Waals surface area contributed by atoms with Crippen LogP contribution in [-0.2, 0) is 6.54 Å². The number of anilines is 1. The van der Waals surface area contributed by atoms with Crippen LogP contribution < -0.4 is 10.1 Å². The molecule has 4 aromatic rings. The van der Waals surface area contributed by atoms with E-state index < -0.39 is 5.91 Å². The van der Waals surface area contributed by atoms with Crippen molar-refractivity contribution in [3.8, 4) is 17.3 Å². The molecular formula is C21H17FN4O3. The van der Waals surface area contributed by atoms with Gasteiger partial charge in [0, 0.05) is 6.54 Å². The quantitative estimate of drug-likeness (QED) is 0.512. The monoisotopic (exact) mass is 392 g/mol. The third-order valence-corrected chi connectivity index (χ3v) is 4.05. The summed E-state index contributed by atoms with van der Waals surface area (Å²) < 4.78 is 25.1. The summed E-state index contributed by atoms with van der Waals surface area (Å²) in [5.74, 6) is 0.802. The zero-order valence-corrected chi connectivity index (χ0v) is 15.3. The molecule has 0 aliphatic heterocycles. The molecule has 7 nitrogen and oxygen atoms in total. The first-order valence-electron chi connectivity index (χ1n) is 8.89. The first-order valence-corrected chi connectivity index (χ1v) is 8.89. The van der Waals surface area contributed by atoms with Gasteiger partial charge >= 0.3 is 0 Å². The number of hydrogen-bond donors (Lipinski definition) is 1. The Labute approximate surface area is 165 Å². The van der Waals surface area contributed by atoms with Gasteiger partial charge in [-0.2, -0.15) is 9.67 Å². The van der Waals surface area contributed by atoms with E-state index in [1.807, 2.05) is 18.2 Å². The van der Waals surface area contributed by atoms with Gasteiger partial charge in [-0.25, -0.2) is 4.39 Å². The minimum absolute atomic E-state index is 0.212. The molecular weight excluding hydrogens is 375 g/mol. The molecule has 8 heteroatoms. The van der Waals surface area contributed by atoms with E-state index in [9.17, 15) is 9.18 Å². The number of aromatic nitrogens is 3. The average molecular weight is 392 g/mol. The smallest absolute Gasteiger partial charge is 0.287 e. The van der Waals surface area contributed by atoms with Crippen LogP contribution in [0.3, 0.4) is 0 Å². The molecule has 0 amide bonds. The fourth-order valence-electron chi connectivity index (χ4n) is 2.62. The van der Waals surface area contributed by atoms with Crippen LogP contribution in [0.25, 0.3) is 11.6 Å². The Balaban J connectivity index is 1.53. The van der Waals surface area contributed by atoms with Crippen LogP contribution in [0.5, 0.6) is 5.75 Å². The van der Waals surface area contributed by atoms with E-state index in [4.69, 9.17) is 9.15 Å². The summed E-state index contributed by atoms with van der Waals surface area (Å²) in [7, 11) is 0. The zero-order valence-electron chi connectivity index (χ0n) is 15.3. The molecule has 0 saturated carbocycles. The Hall–Kier alpha value is -3.94. The van der Waals surface area contributed by atoms with Gasteiger partial charge in [-0.1, -0.05) is 30.3 Å². The van der Waals surface area contributed by atoms with Gasteiger partial charge in [0.1, 0.15) is 11.6 Å². The van der Waals surface area contributed by atoms with E-state index in [-0.39, 0.29) is 24.2 Å². The fraction of sp³-hybridized carbons (Fsp3) is 0.0952. The summed E-state index contributed by atoms with van der Waals surface area (Å²) in [5.41, 5.74) is 0.827. The number of carbonyl (C=O) groups is 1. The lowest BCUT2D eigenvalue weighted by Gasteiger charge is -2.08. The minimum Gasteiger partial charge on any atom is -0.484 e. The van der Waals surface area contributed by atoms with Gasteiger partial charge in [0.15, 0.2) is 12.4 Å². The van der Waals surface area contributed by atoms with Gasteiger partial charge in [-0.3, -0.25) is 4.79 Å². The van der Waals surface area contributed by atoms with Gasteiger partial charge in [-0.05, 0) is 42.0 Å². The summed E-state index contributed by atoms with van der Waals surface area (Å²) in [4.78, 5) is 17.1. The largest absolute Gasteiger partial charge is 0.484 e. The minimum atomic E-state index is -0.402. The topological polar surface area (TPSA) is 82.2 Å². The second kappa shape index (κ2) is 8.39. The molecule has 0 aliphatic rings. The van der Waals surface area contributed by atoms with Crippen molar-refractivity contribution < 1.29 is 18.3 Å². The predicted octanol–water partition coefficient (Wildman–Crippen LogP) is 4.01. The molecule has 2 aromatic heterocycles. The second-order valence-electron chi connectivity index (χ2n) is 6.12. The zero-order chi connectivity index (χ0) is 20.1. The number of carbonyl (C=O) groups excluding carboxylic acids is 1. The summed E-state index contributed by atoms with van der Waals surface area (Å²) in [5, 5.41) is 7.31. The molecule has 0 radical (unpaired) electrons. The normalized spacial score (nSPS) is 10.7. The lowest BCUT2D eigenvalue weighted by molar-refractivity contribution is 0.0824. The highest BCUT2D eigenvalue weighted by atomic mass is 19.1. The van der Waals surface area contributed by atoms with Gasteiger partial charge in [0.2, 0.25) is 11.8 Å². The number of rotatable bonds is 7. The number of hydrogen-bond acceptors (Lipinski definition) is 6. The van der Waals surface area contributed by atoms with Gasteiger partial charge in [0.25, 0.3) is 5.91 Å². The van der Waals surface area contributed by atoms with E-state index >= 15 is 0 Å². The molecule has 0 spiro atoms. The van der Waals surface area contributed by atoms with Gasteiger partial charge < -0.3 is 14.5 Å². The molecule has 0 fully saturated rings. The van der Waals surface area contributed by atoms with E-state index in [0.29, 0.717) is 18.1 Å². The van der Waals surface area contributed by atoms with Crippen molar-refractivity contribution in [3.05, 3.63) is 84.4 Å². The summed E-state index contributed by atoms with van der Waals surface area (Å²) >= 11 is 0. The van der Waals surface area contributed by atoms with E-state index in [2.05, 4.69) is 15.4 Å². The van der Waals surface area contributed by atoms with Crippen LogP contribution in [0.15, 0.2) is 77.4 Å². The summed E-state index contributed by atoms with van der Waals surface area (Å²) in [6, 6.07) is 18.5. The Morgan fingerprint density at radius 2 is 1.86 bits per heavy atom. The van der Waals surface area contributed by atoms with Crippen molar-refractivity contribution in [1.82, 2.24) is 14.8 Å². The number of ether oxygens (including phenoxy) is 1. The summed E-state index contributed by atoms with van der Waals surface area (Å²) in [6.07, 6.45) is 1.50. The molecule has 2 heterocycles. The highest BCUT2D eigenvalue weighted by Crippen LogP contribution is 2.19. The van der Waals surface area contributed by atoms with Crippen LogP contribution in [0.2, 0.25) is 0 Å². The third kappa shape index (κ3) is 4.49. The number of para-hydroxylation sites is 1. The van der Waals surface area contributed by atoms with Crippen LogP contribution in [0.1, 0.15) is 10.4 Å². The second-order valence-corrected chi connectivity index (χ2v) is 6.12. The van der Waals surface area contributed by atoms with Crippen molar-refractivity contribution >= 4 is 11.9 Å². The first kappa shape index (κ1) is 18.4. The Bertz CT molecular complexity index is 1080. The van der Waals surface area contributed by atoms with Gasteiger partial charge in [0.05, 0.1) is 6.26 Å². The Morgan fingerprint density at radius 3 is 2.59 bits per heavy atom. The molecule has 0 atom stereocenters. The lowest BCUT2D eigenvalue weighted by Crippen LogP contribution is -2.22. The number of furan rings is 1. The molecule has 0 saturated heterocycles. The maximum absolute atomic E-state index is 13.1.